The van der Waals surface area contributed by atoms with Crippen LogP contribution in [0.15, 0.2) is 24.3 Å². The Labute approximate surface area is 103 Å². The number of rotatable bonds is 4. The molecule has 0 saturated carbocycles. The molecule has 2 rings (SSSR count). The largest absolute Gasteiger partial charge is 0.481 e. The van der Waals surface area contributed by atoms with Gasteiger partial charge >= 0.3 is 5.97 Å². The number of carbonyl (C=O) groups is 2. The Balaban J connectivity index is 2.43. The Hall–Kier alpha value is -2.37. The number of hydrogen-bond acceptors (Lipinski definition) is 3. The van der Waals surface area contributed by atoms with Crippen LogP contribution in [0.4, 0.5) is 0 Å². The molecule has 0 bridgehead atoms. The fraction of sp³-hybridized carbons (Fsp3) is 0.250. The van der Waals surface area contributed by atoms with Crippen molar-refractivity contribution in [1.29, 1.82) is 0 Å². The summed E-state index contributed by atoms with van der Waals surface area (Å²) in [6, 6.07) is 7.37. The van der Waals surface area contributed by atoms with Crippen LogP contribution >= 0.6 is 0 Å². The summed E-state index contributed by atoms with van der Waals surface area (Å²) in [6.45, 7) is 1.38. The number of carboxylic acid groups (broad SMARTS) is 1. The summed E-state index contributed by atoms with van der Waals surface area (Å²) in [5, 5.41) is 13.8. The van der Waals surface area contributed by atoms with Gasteiger partial charge in [-0.1, -0.05) is 18.2 Å². The summed E-state index contributed by atoms with van der Waals surface area (Å²) in [5.74, 6) is -1.13. The minimum absolute atomic E-state index is 0.00469. The average molecular weight is 247 g/mol. The van der Waals surface area contributed by atoms with E-state index in [-0.39, 0.29) is 12.3 Å². The maximum atomic E-state index is 11.1. The smallest absolute Gasteiger partial charge is 0.303 e. The Morgan fingerprint density at radius 3 is 2.78 bits per heavy atom. The van der Waals surface area contributed by atoms with Crippen molar-refractivity contribution in [2.24, 2.45) is 0 Å². The van der Waals surface area contributed by atoms with Crippen LogP contribution in [0.1, 0.15) is 19.0 Å². The predicted molar refractivity (Wildman–Crippen MR) is 65.7 cm³/mol. The van der Waals surface area contributed by atoms with Crippen molar-refractivity contribution >= 4 is 22.8 Å². The molecule has 0 aliphatic heterocycles. The molecular formula is C12H13N3O3. The molecular weight excluding hydrogens is 234 g/mol. The second-order valence-corrected chi connectivity index (χ2v) is 3.94. The minimum atomic E-state index is -0.880. The van der Waals surface area contributed by atoms with Gasteiger partial charge in [0.25, 0.3) is 0 Å². The van der Waals surface area contributed by atoms with Crippen molar-refractivity contribution in [3.05, 3.63) is 30.0 Å². The number of aromatic nitrogens is 2. The van der Waals surface area contributed by atoms with Gasteiger partial charge in [0.15, 0.2) is 0 Å². The van der Waals surface area contributed by atoms with Crippen molar-refractivity contribution in [2.75, 3.05) is 5.43 Å². The molecule has 0 saturated heterocycles. The highest BCUT2D eigenvalue weighted by Gasteiger charge is 2.12. The lowest BCUT2D eigenvalue weighted by atomic mass is 10.1. The van der Waals surface area contributed by atoms with Gasteiger partial charge in [-0.2, -0.15) is 9.89 Å². The molecule has 0 spiro atoms. The van der Waals surface area contributed by atoms with Gasteiger partial charge in [0.05, 0.1) is 17.6 Å². The SMILES string of the molecule is CC(=O)Nn1nc2ccccc2c1CCC(=O)O. The number of aliphatic carboxylic acids is 1. The van der Waals surface area contributed by atoms with E-state index < -0.39 is 5.97 Å². The number of nitrogens with one attached hydrogen (secondary N) is 1. The topological polar surface area (TPSA) is 84.2 Å². The molecule has 1 amide bonds. The molecule has 6 heteroatoms. The van der Waals surface area contributed by atoms with Crippen LogP contribution in [-0.4, -0.2) is 26.9 Å². The first-order chi connectivity index (χ1) is 8.58. The summed E-state index contributed by atoms with van der Waals surface area (Å²) in [6.07, 6.45) is 0.311. The lowest BCUT2D eigenvalue weighted by molar-refractivity contribution is -0.137. The molecule has 0 radical (unpaired) electrons. The monoisotopic (exact) mass is 247 g/mol. The molecule has 0 atom stereocenters. The highest BCUT2D eigenvalue weighted by molar-refractivity contribution is 5.85. The molecule has 18 heavy (non-hydrogen) atoms. The van der Waals surface area contributed by atoms with Crippen molar-refractivity contribution in [1.82, 2.24) is 9.89 Å². The van der Waals surface area contributed by atoms with E-state index >= 15 is 0 Å². The first-order valence-corrected chi connectivity index (χ1v) is 5.54. The van der Waals surface area contributed by atoms with E-state index in [1.54, 1.807) is 0 Å². The zero-order chi connectivity index (χ0) is 13.1. The van der Waals surface area contributed by atoms with Gasteiger partial charge in [-0.3, -0.25) is 9.59 Å². The Morgan fingerprint density at radius 1 is 1.39 bits per heavy atom. The third-order valence-corrected chi connectivity index (χ3v) is 2.52. The molecule has 0 aliphatic carbocycles. The van der Waals surface area contributed by atoms with Crippen molar-refractivity contribution in [3.63, 3.8) is 0 Å². The minimum Gasteiger partial charge on any atom is -0.481 e. The number of aryl methyl sites for hydroxylation is 1. The van der Waals surface area contributed by atoms with Gasteiger partial charge in [-0.05, 0) is 6.07 Å². The molecule has 2 N–H and O–H groups in total. The quantitative estimate of drug-likeness (QED) is 0.848. The number of carboxylic acids is 1. The summed E-state index contributed by atoms with van der Waals surface area (Å²) in [5.41, 5.74) is 3.99. The van der Waals surface area contributed by atoms with Crippen LogP contribution in [0, 0.1) is 0 Å². The lowest BCUT2D eigenvalue weighted by Gasteiger charge is -2.06. The van der Waals surface area contributed by atoms with E-state index in [9.17, 15) is 9.59 Å². The van der Waals surface area contributed by atoms with Crippen LogP contribution < -0.4 is 5.43 Å². The van der Waals surface area contributed by atoms with Gasteiger partial charge in [0, 0.05) is 18.7 Å². The van der Waals surface area contributed by atoms with E-state index in [2.05, 4.69) is 10.5 Å². The van der Waals surface area contributed by atoms with Crippen LogP contribution in [-0.2, 0) is 16.0 Å². The second kappa shape index (κ2) is 4.87. The van der Waals surface area contributed by atoms with E-state index in [1.807, 2.05) is 24.3 Å². The number of benzene rings is 1. The van der Waals surface area contributed by atoms with E-state index in [0.29, 0.717) is 12.1 Å². The standard InChI is InChI=1S/C12H13N3O3/c1-8(16)13-15-11(6-7-12(17)18)9-4-2-3-5-10(9)14-15/h2-5H,6-7H2,1H3,(H,13,16)(H,17,18). The molecule has 1 aromatic carbocycles. The molecule has 0 unspecified atom stereocenters. The van der Waals surface area contributed by atoms with Crippen LogP contribution in [0.25, 0.3) is 10.9 Å². The maximum absolute atomic E-state index is 11.1. The second-order valence-electron chi connectivity index (χ2n) is 3.94. The van der Waals surface area contributed by atoms with Gasteiger partial charge in [-0.15, -0.1) is 0 Å². The Kier molecular flexibility index (Phi) is 3.27. The van der Waals surface area contributed by atoms with E-state index in [0.717, 1.165) is 10.9 Å². The molecule has 6 nitrogen and oxygen atoms in total. The number of carbonyl (C=O) groups excluding carboxylic acids is 1. The summed E-state index contributed by atoms with van der Waals surface area (Å²) >= 11 is 0. The number of nitrogens with zero attached hydrogens (tertiary/aromatic N) is 2. The molecule has 1 aromatic heterocycles. The van der Waals surface area contributed by atoms with Gasteiger partial charge < -0.3 is 5.11 Å². The summed E-state index contributed by atoms with van der Waals surface area (Å²) < 4.78 is 0. The summed E-state index contributed by atoms with van der Waals surface area (Å²) in [7, 11) is 0. The van der Waals surface area contributed by atoms with Gasteiger partial charge in [0.1, 0.15) is 0 Å². The molecule has 2 aromatic rings. The van der Waals surface area contributed by atoms with E-state index in [1.165, 1.54) is 11.7 Å². The first kappa shape index (κ1) is 12.1. The fourth-order valence-electron chi connectivity index (χ4n) is 1.79. The zero-order valence-electron chi connectivity index (χ0n) is 9.88. The number of hydrogen-bond donors (Lipinski definition) is 2. The third-order valence-electron chi connectivity index (χ3n) is 2.52. The zero-order valence-corrected chi connectivity index (χ0v) is 9.88. The van der Waals surface area contributed by atoms with Crippen molar-refractivity contribution in [3.8, 4) is 0 Å². The number of fused-ring (bicyclic) bond motifs is 1. The molecule has 0 aliphatic rings. The summed E-state index contributed by atoms with van der Waals surface area (Å²) in [4.78, 5) is 23.1. The number of amides is 1. The third kappa shape index (κ3) is 2.48. The predicted octanol–water partition coefficient (Wildman–Crippen LogP) is 1.14. The molecule has 94 valence electrons. The van der Waals surface area contributed by atoms with E-state index in [4.69, 9.17) is 5.11 Å². The van der Waals surface area contributed by atoms with Crippen LogP contribution in [0.3, 0.4) is 0 Å². The van der Waals surface area contributed by atoms with Crippen molar-refractivity contribution in [2.45, 2.75) is 19.8 Å². The highest BCUT2D eigenvalue weighted by atomic mass is 16.4. The first-order valence-electron chi connectivity index (χ1n) is 5.54. The van der Waals surface area contributed by atoms with Crippen LogP contribution in [0.2, 0.25) is 0 Å². The fourth-order valence-corrected chi connectivity index (χ4v) is 1.79. The average Bonchev–Trinajstić information content (AvgIpc) is 2.62. The molecule has 0 fully saturated rings. The van der Waals surface area contributed by atoms with Crippen LogP contribution in [0.5, 0.6) is 0 Å². The maximum Gasteiger partial charge on any atom is 0.303 e. The lowest BCUT2D eigenvalue weighted by Crippen LogP contribution is -2.23. The highest BCUT2D eigenvalue weighted by Crippen LogP contribution is 2.18. The normalized spacial score (nSPS) is 10.5. The Morgan fingerprint density at radius 2 is 2.11 bits per heavy atom. The molecule has 1 heterocycles. The van der Waals surface area contributed by atoms with Crippen molar-refractivity contribution < 1.29 is 14.7 Å². The van der Waals surface area contributed by atoms with Gasteiger partial charge in [-0.25, -0.2) is 5.43 Å². The Bertz CT molecular complexity index is 604. The van der Waals surface area contributed by atoms with Gasteiger partial charge in [0.2, 0.25) is 5.91 Å².